The van der Waals surface area contributed by atoms with Crippen LogP contribution in [0.15, 0.2) is 12.1 Å². The third-order valence-corrected chi connectivity index (χ3v) is 2.39. The fourth-order valence-electron chi connectivity index (χ4n) is 1.57. The van der Waals surface area contributed by atoms with Gasteiger partial charge < -0.3 is 9.47 Å². The Morgan fingerprint density at radius 2 is 2.11 bits per heavy atom. The number of esters is 1. The second-order valence-corrected chi connectivity index (χ2v) is 3.58. The summed E-state index contributed by atoms with van der Waals surface area (Å²) < 4.78 is 33.8. The molecule has 0 radical (unpaired) electrons. The maximum Gasteiger partial charge on any atom is 0.387 e. The van der Waals surface area contributed by atoms with Crippen LogP contribution >= 0.6 is 0 Å². The molecule has 0 aliphatic heterocycles. The Morgan fingerprint density at radius 3 is 2.58 bits per heavy atom. The second-order valence-electron chi connectivity index (χ2n) is 3.58. The van der Waals surface area contributed by atoms with Crippen LogP contribution in [0.3, 0.4) is 0 Å². The number of aryl methyl sites for hydroxylation is 1. The predicted molar refractivity (Wildman–Crippen MR) is 63.1 cm³/mol. The highest BCUT2D eigenvalue weighted by Crippen LogP contribution is 2.27. The van der Waals surface area contributed by atoms with E-state index in [9.17, 15) is 13.6 Å². The summed E-state index contributed by atoms with van der Waals surface area (Å²) in [5.41, 5.74) is 0.329. The molecule has 1 aromatic carbocycles. The number of hydrogen-bond acceptors (Lipinski definition) is 4. The average Bonchev–Trinajstić information content (AvgIpc) is 2.37. The molecule has 1 rings (SSSR count). The van der Waals surface area contributed by atoms with Crippen LogP contribution in [-0.2, 0) is 11.2 Å². The molecule has 0 heterocycles. The van der Waals surface area contributed by atoms with Crippen LogP contribution < -0.4 is 4.74 Å². The van der Waals surface area contributed by atoms with Gasteiger partial charge in [0.2, 0.25) is 0 Å². The van der Waals surface area contributed by atoms with E-state index in [1.807, 2.05) is 0 Å². The fraction of sp³-hybridized carbons (Fsp3) is 0.385. The van der Waals surface area contributed by atoms with Gasteiger partial charge in [0.25, 0.3) is 0 Å². The molecular formula is C13H13F2NO3. The van der Waals surface area contributed by atoms with Crippen molar-refractivity contribution in [1.29, 1.82) is 5.26 Å². The molecule has 0 aromatic heterocycles. The van der Waals surface area contributed by atoms with Gasteiger partial charge in [0.1, 0.15) is 17.4 Å². The van der Waals surface area contributed by atoms with E-state index in [0.29, 0.717) is 12.0 Å². The smallest absolute Gasteiger partial charge is 0.387 e. The quantitative estimate of drug-likeness (QED) is 0.771. The molecule has 1 aromatic rings. The van der Waals surface area contributed by atoms with Crippen molar-refractivity contribution in [2.45, 2.75) is 26.9 Å². The van der Waals surface area contributed by atoms with E-state index in [2.05, 4.69) is 4.74 Å². The first kappa shape index (κ1) is 14.9. The van der Waals surface area contributed by atoms with Gasteiger partial charge in [-0.25, -0.2) is 4.79 Å². The van der Waals surface area contributed by atoms with E-state index in [1.165, 1.54) is 12.1 Å². The first-order valence-electron chi connectivity index (χ1n) is 5.72. The molecule has 0 saturated heterocycles. The van der Waals surface area contributed by atoms with E-state index in [4.69, 9.17) is 10.00 Å². The Kier molecular flexibility index (Phi) is 5.24. The van der Waals surface area contributed by atoms with Crippen LogP contribution in [0.2, 0.25) is 0 Å². The van der Waals surface area contributed by atoms with Crippen molar-refractivity contribution in [2.75, 3.05) is 6.61 Å². The van der Waals surface area contributed by atoms with Crippen LogP contribution in [-0.4, -0.2) is 19.2 Å². The predicted octanol–water partition coefficient (Wildman–Crippen LogP) is 2.90. The molecule has 0 aliphatic carbocycles. The summed E-state index contributed by atoms with van der Waals surface area (Å²) in [6, 6.07) is 4.58. The summed E-state index contributed by atoms with van der Waals surface area (Å²) in [5.74, 6) is -1.18. The molecule has 4 nitrogen and oxygen atoms in total. The van der Waals surface area contributed by atoms with E-state index >= 15 is 0 Å². The largest absolute Gasteiger partial charge is 0.462 e. The standard InChI is InChI=1S/C13H13F2NO3/c1-3-8-5-9(7-16)11(12(17)18-4-2)10(6-8)19-13(14)15/h5-6,13H,3-4H2,1-2H3. The molecule has 0 fully saturated rings. The van der Waals surface area contributed by atoms with Gasteiger partial charge in [-0.05, 0) is 31.0 Å². The van der Waals surface area contributed by atoms with Crippen molar-refractivity contribution in [2.24, 2.45) is 0 Å². The normalized spacial score (nSPS) is 10.1. The number of nitriles is 1. The van der Waals surface area contributed by atoms with E-state index in [-0.39, 0.29) is 23.5 Å². The lowest BCUT2D eigenvalue weighted by atomic mass is 10.0. The fourth-order valence-corrected chi connectivity index (χ4v) is 1.57. The highest BCUT2D eigenvalue weighted by Gasteiger charge is 2.22. The Morgan fingerprint density at radius 1 is 1.42 bits per heavy atom. The molecule has 0 bridgehead atoms. The molecule has 0 saturated carbocycles. The van der Waals surface area contributed by atoms with Gasteiger partial charge in [0.05, 0.1) is 12.2 Å². The summed E-state index contributed by atoms with van der Waals surface area (Å²) in [5, 5.41) is 9.01. The zero-order valence-corrected chi connectivity index (χ0v) is 10.6. The topological polar surface area (TPSA) is 59.3 Å². The van der Waals surface area contributed by atoms with E-state index < -0.39 is 12.6 Å². The summed E-state index contributed by atoms with van der Waals surface area (Å²) in [4.78, 5) is 11.7. The lowest BCUT2D eigenvalue weighted by Crippen LogP contribution is -2.13. The second kappa shape index (κ2) is 6.69. The highest BCUT2D eigenvalue weighted by atomic mass is 19.3. The number of alkyl halides is 2. The summed E-state index contributed by atoms with van der Waals surface area (Å²) in [7, 11) is 0. The number of carbonyl (C=O) groups excluding carboxylic acids is 1. The lowest BCUT2D eigenvalue weighted by Gasteiger charge is -2.13. The van der Waals surface area contributed by atoms with Crippen LogP contribution in [0.5, 0.6) is 5.75 Å². The molecular weight excluding hydrogens is 256 g/mol. The summed E-state index contributed by atoms with van der Waals surface area (Å²) in [6.07, 6.45) is 0.525. The summed E-state index contributed by atoms with van der Waals surface area (Å²) in [6.45, 7) is 0.379. The van der Waals surface area contributed by atoms with Crippen molar-refractivity contribution >= 4 is 5.97 Å². The van der Waals surface area contributed by atoms with Crippen molar-refractivity contribution < 1.29 is 23.0 Å². The molecule has 19 heavy (non-hydrogen) atoms. The molecule has 0 amide bonds. The third kappa shape index (κ3) is 3.65. The lowest BCUT2D eigenvalue weighted by molar-refractivity contribution is -0.0505. The first-order chi connectivity index (χ1) is 9.03. The Labute approximate surface area is 109 Å². The average molecular weight is 269 g/mol. The summed E-state index contributed by atoms with van der Waals surface area (Å²) >= 11 is 0. The van der Waals surface area contributed by atoms with Gasteiger partial charge in [-0.2, -0.15) is 14.0 Å². The monoisotopic (exact) mass is 269 g/mol. The van der Waals surface area contributed by atoms with Crippen LogP contribution in [0.4, 0.5) is 8.78 Å². The SMILES string of the molecule is CCOC(=O)c1c(C#N)cc(CC)cc1OC(F)F. The van der Waals surface area contributed by atoms with Crippen molar-refractivity contribution in [3.63, 3.8) is 0 Å². The minimum atomic E-state index is -3.08. The third-order valence-electron chi connectivity index (χ3n) is 2.39. The molecule has 0 spiro atoms. The van der Waals surface area contributed by atoms with Gasteiger partial charge in [-0.15, -0.1) is 0 Å². The van der Waals surface area contributed by atoms with E-state index in [1.54, 1.807) is 19.9 Å². The number of hydrogen-bond donors (Lipinski definition) is 0. The van der Waals surface area contributed by atoms with Crippen LogP contribution in [0.1, 0.15) is 35.3 Å². The number of ether oxygens (including phenoxy) is 2. The molecule has 0 aliphatic rings. The maximum atomic E-state index is 12.4. The van der Waals surface area contributed by atoms with Gasteiger partial charge in [0, 0.05) is 0 Å². The molecule has 0 atom stereocenters. The van der Waals surface area contributed by atoms with Crippen LogP contribution in [0, 0.1) is 11.3 Å². The van der Waals surface area contributed by atoms with Crippen molar-refractivity contribution in [3.05, 3.63) is 28.8 Å². The maximum absolute atomic E-state index is 12.4. The van der Waals surface area contributed by atoms with E-state index in [0.717, 1.165) is 0 Å². The minimum Gasteiger partial charge on any atom is -0.462 e. The minimum absolute atomic E-state index is 0.0338. The van der Waals surface area contributed by atoms with Gasteiger partial charge in [0.15, 0.2) is 0 Å². The number of benzene rings is 1. The van der Waals surface area contributed by atoms with Gasteiger partial charge in [-0.3, -0.25) is 0 Å². The molecule has 0 N–H and O–H groups in total. The van der Waals surface area contributed by atoms with Crippen molar-refractivity contribution in [1.82, 2.24) is 0 Å². The molecule has 0 unspecified atom stereocenters. The number of rotatable bonds is 5. The Bertz CT molecular complexity index is 509. The number of halogens is 2. The molecule has 6 heteroatoms. The van der Waals surface area contributed by atoms with Gasteiger partial charge in [-0.1, -0.05) is 6.92 Å². The zero-order chi connectivity index (χ0) is 14.4. The first-order valence-corrected chi connectivity index (χ1v) is 5.72. The number of nitrogens with zero attached hydrogens (tertiary/aromatic N) is 1. The molecule has 102 valence electrons. The Balaban J connectivity index is 3.38. The Hall–Kier alpha value is -2.16. The van der Waals surface area contributed by atoms with Crippen molar-refractivity contribution in [3.8, 4) is 11.8 Å². The van der Waals surface area contributed by atoms with Crippen LogP contribution in [0.25, 0.3) is 0 Å². The zero-order valence-electron chi connectivity index (χ0n) is 10.6. The van der Waals surface area contributed by atoms with Gasteiger partial charge >= 0.3 is 12.6 Å². The highest BCUT2D eigenvalue weighted by molar-refractivity contribution is 5.95. The number of carbonyl (C=O) groups is 1.